The lowest BCUT2D eigenvalue weighted by molar-refractivity contribution is 0.320. The van der Waals surface area contributed by atoms with E-state index in [0.717, 1.165) is 22.3 Å². The fourth-order valence-electron chi connectivity index (χ4n) is 1.65. The highest BCUT2D eigenvalue weighted by atomic mass is 16.3. The molecule has 2 aromatic rings. The van der Waals surface area contributed by atoms with Gasteiger partial charge in [-0.3, -0.25) is 0 Å². The molecule has 1 heterocycles. The van der Waals surface area contributed by atoms with Crippen molar-refractivity contribution in [1.29, 1.82) is 0 Å². The molecule has 84 valence electrons. The summed E-state index contributed by atoms with van der Waals surface area (Å²) in [4.78, 5) is 0. The van der Waals surface area contributed by atoms with Crippen LogP contribution in [0.2, 0.25) is 0 Å². The molecule has 0 spiro atoms. The lowest BCUT2D eigenvalue weighted by Crippen LogP contribution is -1.98. The number of fused-ring (bicyclic) bond motifs is 1. The van der Waals surface area contributed by atoms with Crippen molar-refractivity contribution in [2.45, 2.75) is 13.8 Å². The van der Waals surface area contributed by atoms with E-state index in [2.05, 4.69) is 13.8 Å². The zero-order valence-electron chi connectivity index (χ0n) is 9.60. The number of rotatable bonds is 3. The minimum atomic E-state index is 0.0781. The molecule has 0 unspecified atom stereocenters. The van der Waals surface area contributed by atoms with E-state index in [1.807, 2.05) is 36.4 Å². The van der Waals surface area contributed by atoms with Gasteiger partial charge in [0.2, 0.25) is 0 Å². The summed E-state index contributed by atoms with van der Waals surface area (Å²) in [6.45, 7) is 4.20. The first-order valence-electron chi connectivity index (χ1n) is 5.50. The molecule has 0 radical (unpaired) electrons. The molecule has 0 bridgehead atoms. The Morgan fingerprint density at radius 3 is 2.75 bits per heavy atom. The molecule has 0 amide bonds. The molecule has 1 N–H and O–H groups in total. The van der Waals surface area contributed by atoms with Crippen molar-refractivity contribution in [2.75, 3.05) is 6.61 Å². The van der Waals surface area contributed by atoms with Crippen LogP contribution >= 0.6 is 0 Å². The van der Waals surface area contributed by atoms with Crippen molar-refractivity contribution in [1.82, 2.24) is 0 Å². The zero-order valence-corrected chi connectivity index (χ0v) is 9.60. The summed E-state index contributed by atoms with van der Waals surface area (Å²) >= 11 is 0. The van der Waals surface area contributed by atoms with Gasteiger partial charge in [0.15, 0.2) is 0 Å². The molecule has 0 saturated carbocycles. The number of furan rings is 1. The minimum Gasteiger partial charge on any atom is -0.457 e. The lowest BCUT2D eigenvalue weighted by Gasteiger charge is -2.06. The Kier molecular flexibility index (Phi) is 3.11. The van der Waals surface area contributed by atoms with Crippen molar-refractivity contribution >= 4 is 17.0 Å². The summed E-state index contributed by atoms with van der Waals surface area (Å²) in [5.74, 6) is 1.14. The van der Waals surface area contributed by atoms with Gasteiger partial charge in [-0.15, -0.1) is 0 Å². The third-order valence-corrected chi connectivity index (χ3v) is 2.70. The van der Waals surface area contributed by atoms with Crippen molar-refractivity contribution in [3.63, 3.8) is 0 Å². The monoisotopic (exact) mass is 216 g/mol. The van der Waals surface area contributed by atoms with Crippen LogP contribution in [0, 0.1) is 5.92 Å². The third kappa shape index (κ3) is 2.17. The maximum atomic E-state index is 9.22. The number of aliphatic hydroxyl groups excluding tert-OH is 1. The van der Waals surface area contributed by atoms with Crippen LogP contribution in [0.15, 0.2) is 40.3 Å². The number of para-hydroxylation sites is 1. The fraction of sp³-hybridized carbons (Fsp3) is 0.286. The minimum absolute atomic E-state index is 0.0781. The Labute approximate surface area is 95.2 Å². The molecule has 16 heavy (non-hydrogen) atoms. The van der Waals surface area contributed by atoms with Gasteiger partial charge >= 0.3 is 0 Å². The Hall–Kier alpha value is -1.54. The van der Waals surface area contributed by atoms with Crippen molar-refractivity contribution in [2.24, 2.45) is 5.92 Å². The molecule has 0 atom stereocenters. The van der Waals surface area contributed by atoms with E-state index in [1.54, 1.807) is 0 Å². The summed E-state index contributed by atoms with van der Waals surface area (Å²) in [5.41, 5.74) is 1.87. The standard InChI is InChI=1S/C14H16O2/c1-10(2)12(9-15)8-13-7-11-5-3-4-6-14(11)16-13/h3-8,10,15H,9H2,1-2H3. The van der Waals surface area contributed by atoms with Gasteiger partial charge in [0, 0.05) is 5.39 Å². The number of hydrogen-bond acceptors (Lipinski definition) is 2. The molecule has 0 aliphatic carbocycles. The highest BCUT2D eigenvalue weighted by Crippen LogP contribution is 2.22. The Balaban J connectivity index is 2.40. The van der Waals surface area contributed by atoms with Gasteiger partial charge in [0.25, 0.3) is 0 Å². The molecule has 0 aliphatic rings. The zero-order chi connectivity index (χ0) is 11.5. The molecule has 1 aromatic carbocycles. The quantitative estimate of drug-likeness (QED) is 0.852. The molecule has 0 aliphatic heterocycles. The van der Waals surface area contributed by atoms with Crippen LogP contribution in [-0.4, -0.2) is 11.7 Å². The van der Waals surface area contributed by atoms with E-state index in [1.165, 1.54) is 0 Å². The average molecular weight is 216 g/mol. The first-order valence-corrected chi connectivity index (χ1v) is 5.50. The maximum absolute atomic E-state index is 9.22. The fourth-order valence-corrected chi connectivity index (χ4v) is 1.65. The van der Waals surface area contributed by atoms with Crippen molar-refractivity contribution in [3.8, 4) is 0 Å². The molecule has 0 fully saturated rings. The SMILES string of the molecule is CC(C)C(=Cc1cc2ccccc2o1)CO. The van der Waals surface area contributed by atoms with Gasteiger partial charge < -0.3 is 9.52 Å². The summed E-state index contributed by atoms with van der Waals surface area (Å²) in [6.07, 6.45) is 1.92. The van der Waals surface area contributed by atoms with Gasteiger partial charge in [-0.05, 0) is 29.7 Å². The molecular formula is C14H16O2. The average Bonchev–Trinajstić information content (AvgIpc) is 2.67. The van der Waals surface area contributed by atoms with Gasteiger partial charge in [-0.25, -0.2) is 0 Å². The third-order valence-electron chi connectivity index (χ3n) is 2.70. The first-order chi connectivity index (χ1) is 7.70. The maximum Gasteiger partial charge on any atom is 0.134 e. The number of hydrogen-bond donors (Lipinski definition) is 1. The van der Waals surface area contributed by atoms with E-state index >= 15 is 0 Å². The largest absolute Gasteiger partial charge is 0.457 e. The normalized spacial score (nSPS) is 12.6. The molecule has 2 nitrogen and oxygen atoms in total. The number of benzene rings is 1. The predicted octanol–water partition coefficient (Wildman–Crippen LogP) is 3.46. The van der Waals surface area contributed by atoms with Gasteiger partial charge in [0.05, 0.1) is 6.61 Å². The highest BCUT2D eigenvalue weighted by Gasteiger charge is 2.05. The smallest absolute Gasteiger partial charge is 0.134 e. The van der Waals surface area contributed by atoms with Gasteiger partial charge in [-0.2, -0.15) is 0 Å². The van der Waals surface area contributed by atoms with Crippen LogP contribution in [0.25, 0.3) is 17.0 Å². The molecular weight excluding hydrogens is 200 g/mol. The predicted molar refractivity (Wildman–Crippen MR) is 66.1 cm³/mol. The van der Waals surface area contributed by atoms with Gasteiger partial charge in [-0.1, -0.05) is 32.0 Å². The van der Waals surface area contributed by atoms with Gasteiger partial charge in [0.1, 0.15) is 11.3 Å². The molecule has 2 heteroatoms. The Bertz CT molecular complexity index is 473. The summed E-state index contributed by atoms with van der Waals surface area (Å²) in [5, 5.41) is 10.3. The topological polar surface area (TPSA) is 33.4 Å². The van der Waals surface area contributed by atoms with E-state index in [0.29, 0.717) is 5.92 Å². The highest BCUT2D eigenvalue weighted by molar-refractivity contribution is 5.79. The Morgan fingerprint density at radius 1 is 1.38 bits per heavy atom. The van der Waals surface area contributed by atoms with Crippen LogP contribution in [0.3, 0.4) is 0 Å². The van der Waals surface area contributed by atoms with Crippen molar-refractivity contribution < 1.29 is 9.52 Å². The molecule has 2 rings (SSSR count). The molecule has 1 aromatic heterocycles. The second-order valence-corrected chi connectivity index (χ2v) is 4.22. The van der Waals surface area contributed by atoms with E-state index in [9.17, 15) is 5.11 Å². The van der Waals surface area contributed by atoms with Crippen LogP contribution < -0.4 is 0 Å². The summed E-state index contributed by atoms with van der Waals surface area (Å²) < 4.78 is 5.66. The Morgan fingerprint density at radius 2 is 2.12 bits per heavy atom. The second-order valence-electron chi connectivity index (χ2n) is 4.22. The van der Waals surface area contributed by atoms with Crippen molar-refractivity contribution in [3.05, 3.63) is 41.7 Å². The van der Waals surface area contributed by atoms with E-state index in [-0.39, 0.29) is 6.61 Å². The first kappa shape index (κ1) is 11.0. The van der Waals surface area contributed by atoms with E-state index in [4.69, 9.17) is 4.42 Å². The van der Waals surface area contributed by atoms with Crippen LogP contribution in [0.4, 0.5) is 0 Å². The van der Waals surface area contributed by atoms with Crippen LogP contribution in [0.5, 0.6) is 0 Å². The van der Waals surface area contributed by atoms with Crippen LogP contribution in [0.1, 0.15) is 19.6 Å². The summed E-state index contributed by atoms with van der Waals surface area (Å²) in [7, 11) is 0. The second kappa shape index (κ2) is 4.54. The summed E-state index contributed by atoms with van der Waals surface area (Å²) in [6, 6.07) is 9.90. The van der Waals surface area contributed by atoms with Crippen LogP contribution in [-0.2, 0) is 0 Å². The van der Waals surface area contributed by atoms with E-state index < -0.39 is 0 Å². The number of aliphatic hydroxyl groups is 1. The molecule has 0 saturated heterocycles. The lowest BCUT2D eigenvalue weighted by atomic mass is 10.0.